The van der Waals surface area contributed by atoms with Crippen molar-refractivity contribution in [2.75, 3.05) is 11.9 Å². The molecule has 1 aliphatic carbocycles. The van der Waals surface area contributed by atoms with Crippen molar-refractivity contribution in [2.24, 2.45) is 0 Å². The molecule has 0 aromatic heterocycles. The van der Waals surface area contributed by atoms with Gasteiger partial charge in [-0.05, 0) is 53.8 Å². The highest BCUT2D eigenvalue weighted by Crippen LogP contribution is 2.32. The minimum absolute atomic E-state index is 0.0423. The number of carboxylic acids is 1. The molecule has 214 valence electrons. The summed E-state index contributed by atoms with van der Waals surface area (Å²) in [7, 11) is 0. The molecule has 3 aromatic carbocycles. The number of carbonyl (C=O) groups is 4. The number of amides is 4. The monoisotopic (exact) mass is 620 g/mol. The van der Waals surface area contributed by atoms with Crippen LogP contribution in [0.25, 0.3) is 0 Å². The van der Waals surface area contributed by atoms with E-state index in [9.17, 15) is 28.7 Å². The predicted octanol–water partition coefficient (Wildman–Crippen LogP) is 5.14. The molecule has 5 N–H and O–H groups in total. The number of carboxylic acid groups (broad SMARTS) is 1. The highest BCUT2D eigenvalue weighted by Gasteiger charge is 2.27. The van der Waals surface area contributed by atoms with Gasteiger partial charge in [0.15, 0.2) is 0 Å². The Labute approximate surface area is 249 Å². The number of rotatable bonds is 9. The number of aryl methyl sites for hydroxylation is 1. The van der Waals surface area contributed by atoms with E-state index in [4.69, 9.17) is 34.8 Å². The molecule has 1 aliphatic rings. The standard InChI is InChI=1S/C28H24Cl3FN4O5/c29-17-7-10-21(34-23(37)12-14-5-8-19(32)18(30)11-14)25(31)24(17)26(38)35-22(27(39)40)13-33-28(41)36-20-9-6-15-3-1-2-4-16(15)20/h1-5,7-8,10-11,20,22H,6,9,12-13H2,(H,34,37)(H,35,38)(H,39,40)(H2,33,36,41). The largest absolute Gasteiger partial charge is 0.480 e. The van der Waals surface area contributed by atoms with Crippen LogP contribution in [0.1, 0.15) is 39.5 Å². The second kappa shape index (κ2) is 13.2. The third kappa shape index (κ3) is 7.46. The number of hydrogen-bond donors (Lipinski definition) is 5. The molecule has 0 bridgehead atoms. The van der Waals surface area contributed by atoms with Crippen LogP contribution < -0.4 is 21.3 Å². The van der Waals surface area contributed by atoms with E-state index in [2.05, 4.69) is 21.3 Å². The van der Waals surface area contributed by atoms with Gasteiger partial charge in [-0.25, -0.2) is 14.0 Å². The number of anilines is 1. The summed E-state index contributed by atoms with van der Waals surface area (Å²) < 4.78 is 13.4. The molecule has 0 radical (unpaired) electrons. The number of nitrogens with one attached hydrogen (secondary N) is 4. The van der Waals surface area contributed by atoms with Crippen molar-refractivity contribution in [1.82, 2.24) is 16.0 Å². The van der Waals surface area contributed by atoms with Gasteiger partial charge in [0.05, 0.1) is 45.3 Å². The summed E-state index contributed by atoms with van der Waals surface area (Å²) in [6, 6.07) is 11.9. The smallest absolute Gasteiger partial charge is 0.328 e. The lowest BCUT2D eigenvalue weighted by molar-refractivity contribution is -0.139. The molecule has 4 rings (SSSR count). The first-order chi connectivity index (χ1) is 19.5. The van der Waals surface area contributed by atoms with Crippen LogP contribution in [-0.2, 0) is 22.4 Å². The van der Waals surface area contributed by atoms with E-state index in [1.54, 1.807) is 0 Å². The summed E-state index contributed by atoms with van der Waals surface area (Å²) in [6.45, 7) is -0.423. The highest BCUT2D eigenvalue weighted by atomic mass is 35.5. The third-order valence-corrected chi connectivity index (χ3v) is 7.45. The molecule has 9 nitrogen and oxygen atoms in total. The topological polar surface area (TPSA) is 137 Å². The predicted molar refractivity (Wildman–Crippen MR) is 153 cm³/mol. The number of urea groups is 1. The van der Waals surface area contributed by atoms with E-state index in [-0.39, 0.29) is 38.8 Å². The van der Waals surface area contributed by atoms with Gasteiger partial charge in [0.25, 0.3) is 5.91 Å². The van der Waals surface area contributed by atoms with Crippen molar-refractivity contribution in [1.29, 1.82) is 0 Å². The van der Waals surface area contributed by atoms with Crippen molar-refractivity contribution < 1.29 is 28.7 Å². The zero-order valence-corrected chi connectivity index (χ0v) is 23.5. The molecule has 0 spiro atoms. The number of halogens is 4. The molecule has 3 aromatic rings. The molecule has 0 fully saturated rings. The second-order valence-electron chi connectivity index (χ2n) is 9.27. The van der Waals surface area contributed by atoms with Crippen LogP contribution in [0.2, 0.25) is 15.1 Å². The van der Waals surface area contributed by atoms with Crippen molar-refractivity contribution in [3.05, 3.63) is 97.7 Å². The van der Waals surface area contributed by atoms with Gasteiger partial charge in [0.1, 0.15) is 11.9 Å². The molecular formula is C28H24Cl3FN4O5. The van der Waals surface area contributed by atoms with E-state index >= 15 is 0 Å². The first kappa shape index (κ1) is 30.1. The molecular weight excluding hydrogens is 598 g/mol. The molecule has 4 amide bonds. The van der Waals surface area contributed by atoms with Crippen LogP contribution in [0.3, 0.4) is 0 Å². The van der Waals surface area contributed by atoms with E-state index in [1.165, 1.54) is 24.3 Å². The maximum Gasteiger partial charge on any atom is 0.328 e. The molecule has 41 heavy (non-hydrogen) atoms. The minimum Gasteiger partial charge on any atom is -0.480 e. The molecule has 2 atom stereocenters. The van der Waals surface area contributed by atoms with E-state index in [0.717, 1.165) is 23.6 Å². The van der Waals surface area contributed by atoms with Crippen LogP contribution in [0.5, 0.6) is 0 Å². The normalized spacial score (nSPS) is 14.5. The highest BCUT2D eigenvalue weighted by molar-refractivity contribution is 6.41. The average molecular weight is 622 g/mol. The number of benzene rings is 3. The quantitative estimate of drug-likeness (QED) is 0.226. The number of fused-ring (bicyclic) bond motifs is 1. The maximum absolute atomic E-state index is 13.4. The van der Waals surface area contributed by atoms with Gasteiger partial charge in [-0.2, -0.15) is 0 Å². The lowest BCUT2D eigenvalue weighted by Gasteiger charge is -2.19. The molecule has 13 heteroatoms. The fraction of sp³-hybridized carbons (Fsp3) is 0.214. The Kier molecular flexibility index (Phi) is 9.69. The lowest BCUT2D eigenvalue weighted by Crippen LogP contribution is -2.50. The molecule has 0 heterocycles. The van der Waals surface area contributed by atoms with Crippen LogP contribution in [0.15, 0.2) is 54.6 Å². The Morgan fingerprint density at radius 2 is 1.76 bits per heavy atom. The Bertz CT molecular complexity index is 1520. The Hall–Kier alpha value is -3.86. The SMILES string of the molecule is O=C(Cc1ccc(F)c(Cl)c1)Nc1ccc(Cl)c(C(=O)NC(CNC(=O)NC2CCc3ccccc32)C(=O)O)c1Cl. The third-order valence-electron chi connectivity index (χ3n) is 6.45. The van der Waals surface area contributed by atoms with Crippen molar-refractivity contribution in [2.45, 2.75) is 31.3 Å². The Morgan fingerprint density at radius 1 is 1.00 bits per heavy atom. The van der Waals surface area contributed by atoms with Crippen molar-refractivity contribution >= 4 is 64.3 Å². The Balaban J connectivity index is 1.38. The van der Waals surface area contributed by atoms with Crippen molar-refractivity contribution in [3.8, 4) is 0 Å². The number of carbonyl (C=O) groups excluding carboxylic acids is 3. The van der Waals surface area contributed by atoms with Gasteiger partial charge in [-0.3, -0.25) is 9.59 Å². The summed E-state index contributed by atoms with van der Waals surface area (Å²) >= 11 is 18.3. The summed E-state index contributed by atoms with van der Waals surface area (Å²) in [5.74, 6) is -3.49. The first-order valence-corrected chi connectivity index (χ1v) is 13.5. The summed E-state index contributed by atoms with van der Waals surface area (Å²) in [4.78, 5) is 49.9. The van der Waals surface area contributed by atoms with Crippen LogP contribution in [-0.4, -0.2) is 41.5 Å². The van der Waals surface area contributed by atoms with Crippen LogP contribution >= 0.6 is 34.8 Å². The molecule has 0 saturated heterocycles. The fourth-order valence-corrected chi connectivity index (χ4v) is 5.22. The average Bonchev–Trinajstić information content (AvgIpc) is 3.32. The van der Waals surface area contributed by atoms with E-state index in [1.807, 2.05) is 24.3 Å². The number of hydrogen-bond acceptors (Lipinski definition) is 4. The zero-order valence-electron chi connectivity index (χ0n) is 21.3. The minimum atomic E-state index is -1.52. The van der Waals surface area contributed by atoms with Crippen molar-refractivity contribution in [3.63, 3.8) is 0 Å². The summed E-state index contributed by atoms with van der Waals surface area (Å²) in [5.41, 5.74) is 2.36. The zero-order chi connectivity index (χ0) is 29.7. The number of aliphatic carboxylic acids is 1. The van der Waals surface area contributed by atoms with Crippen LogP contribution in [0.4, 0.5) is 14.9 Å². The van der Waals surface area contributed by atoms with Gasteiger partial charge in [0.2, 0.25) is 5.91 Å². The van der Waals surface area contributed by atoms with E-state index < -0.39 is 42.2 Å². The van der Waals surface area contributed by atoms with Gasteiger partial charge >= 0.3 is 12.0 Å². The van der Waals surface area contributed by atoms with Gasteiger partial charge in [-0.1, -0.05) is 65.1 Å². The summed E-state index contributed by atoms with van der Waals surface area (Å²) in [6.07, 6.45) is 1.37. The van der Waals surface area contributed by atoms with Crippen LogP contribution in [0, 0.1) is 5.82 Å². The Morgan fingerprint density at radius 3 is 2.49 bits per heavy atom. The first-order valence-electron chi connectivity index (χ1n) is 12.4. The van der Waals surface area contributed by atoms with E-state index in [0.29, 0.717) is 12.0 Å². The van der Waals surface area contributed by atoms with Gasteiger partial charge in [-0.15, -0.1) is 0 Å². The van der Waals surface area contributed by atoms with Gasteiger partial charge < -0.3 is 26.4 Å². The van der Waals surface area contributed by atoms with Gasteiger partial charge in [0, 0.05) is 0 Å². The molecule has 0 aliphatic heterocycles. The molecule has 2 unspecified atom stereocenters. The second-order valence-corrected chi connectivity index (χ2v) is 10.5. The maximum atomic E-state index is 13.4. The lowest BCUT2D eigenvalue weighted by atomic mass is 10.1. The molecule has 0 saturated carbocycles. The fourth-order valence-electron chi connectivity index (χ4n) is 4.43. The summed E-state index contributed by atoms with van der Waals surface area (Å²) in [5, 5.41) is 19.3.